The molecule has 3 N–H and O–H groups in total. The summed E-state index contributed by atoms with van der Waals surface area (Å²) >= 11 is 0. The van der Waals surface area contributed by atoms with E-state index in [4.69, 9.17) is 9.47 Å². The van der Waals surface area contributed by atoms with E-state index < -0.39 is 69.3 Å². The Kier molecular flexibility index (Phi) is 11.0. The predicted octanol–water partition coefficient (Wildman–Crippen LogP) is 2.57. The minimum Gasteiger partial charge on any atom is -0.459 e. The van der Waals surface area contributed by atoms with Crippen molar-refractivity contribution in [3.8, 4) is 6.01 Å². The molecule has 0 aromatic carbocycles. The van der Waals surface area contributed by atoms with Crippen molar-refractivity contribution in [2.24, 2.45) is 5.92 Å². The summed E-state index contributed by atoms with van der Waals surface area (Å²) in [7, 11) is -1.57. The lowest BCUT2D eigenvalue weighted by Crippen LogP contribution is -2.58. The molecule has 280 valence electrons. The van der Waals surface area contributed by atoms with Gasteiger partial charge in [-0.05, 0) is 72.4 Å². The number of pyridine rings is 1. The molecule has 1 aliphatic carbocycles. The number of nitrogens with one attached hydrogen (secondary N) is 3. The van der Waals surface area contributed by atoms with E-state index in [0.717, 1.165) is 22.7 Å². The van der Waals surface area contributed by atoms with Crippen molar-refractivity contribution in [2.75, 3.05) is 20.6 Å². The van der Waals surface area contributed by atoms with E-state index in [1.54, 1.807) is 33.0 Å². The zero-order chi connectivity index (χ0) is 37.3. The Hall–Kier alpha value is -4.25. The van der Waals surface area contributed by atoms with Crippen LogP contribution in [0, 0.1) is 5.92 Å². The maximum absolute atomic E-state index is 14.4. The smallest absolute Gasteiger partial charge is 0.408 e. The molecule has 4 amide bonds. The summed E-state index contributed by atoms with van der Waals surface area (Å²) in [4.78, 5) is 65.6. The van der Waals surface area contributed by atoms with Crippen LogP contribution < -0.4 is 20.1 Å². The van der Waals surface area contributed by atoms with Gasteiger partial charge in [0, 0.05) is 38.7 Å². The van der Waals surface area contributed by atoms with Crippen LogP contribution in [-0.2, 0) is 29.3 Å². The third-order valence-corrected chi connectivity index (χ3v) is 10.7. The second-order valence-corrected chi connectivity index (χ2v) is 16.8. The first-order valence-electron chi connectivity index (χ1n) is 17.4. The van der Waals surface area contributed by atoms with Crippen LogP contribution in [0.1, 0.15) is 85.6 Å². The Morgan fingerprint density at radius 3 is 2.59 bits per heavy atom. The fourth-order valence-electron chi connectivity index (χ4n) is 6.56. The Morgan fingerprint density at radius 1 is 1.16 bits per heavy atom. The highest BCUT2D eigenvalue weighted by atomic mass is 32.2. The summed E-state index contributed by atoms with van der Waals surface area (Å²) in [5, 5.41) is 5.57. The molecule has 2 aliphatic heterocycles. The standard InChI is InChI=1S/C34H50N8O8S/c1-21(2)42-25-16-13-17-35-27(25)37-31(42)49-23-18-26-28(43)38-34(30(45)39-51(47,48)40(6)7)19-22(34)14-11-9-8-10-12-15-24(29(44)41(26)20-23)36-32(46)50-33(3,4)5/h11,13-14,16-17,21-24,26H,8-10,12,15,18-20H2,1-7H3,(H,36,46)(H,38,43)(H,39,45). The number of alkyl carbamates (subject to hydrolysis) is 1. The zero-order valence-electron chi connectivity index (χ0n) is 30.3. The number of nitrogens with zero attached hydrogens (tertiary/aromatic N) is 5. The molecule has 51 heavy (non-hydrogen) atoms. The molecule has 1 saturated heterocycles. The quantitative estimate of drug-likeness (QED) is 0.357. The maximum atomic E-state index is 14.4. The van der Waals surface area contributed by atoms with E-state index in [-0.39, 0.29) is 31.4 Å². The lowest BCUT2D eigenvalue weighted by atomic mass is 10.0. The van der Waals surface area contributed by atoms with Crippen molar-refractivity contribution in [3.05, 3.63) is 30.5 Å². The Morgan fingerprint density at radius 2 is 1.90 bits per heavy atom. The Labute approximate surface area is 298 Å². The largest absolute Gasteiger partial charge is 0.459 e. The second kappa shape index (κ2) is 14.8. The van der Waals surface area contributed by atoms with E-state index in [0.29, 0.717) is 24.9 Å². The highest BCUT2D eigenvalue weighted by Gasteiger charge is 2.61. The molecule has 16 nitrogen and oxygen atoms in total. The monoisotopic (exact) mass is 730 g/mol. The van der Waals surface area contributed by atoms with Gasteiger partial charge in [-0.2, -0.15) is 17.7 Å². The van der Waals surface area contributed by atoms with Gasteiger partial charge >= 0.3 is 16.3 Å². The SMILES string of the molecule is CC(C)n1c(OC2CC3C(=O)NC4(C(=O)NS(=O)(=O)N(C)C)CC4C=CCCCCCC(NC(=O)OC(C)(C)C)C(=O)N3C2)nc2ncccc21. The second-order valence-electron chi connectivity index (χ2n) is 14.9. The number of ether oxygens (including phenoxy) is 2. The Bertz CT molecular complexity index is 1790. The molecule has 17 heteroatoms. The molecule has 0 bridgehead atoms. The Balaban J connectivity index is 1.49. The van der Waals surface area contributed by atoms with Gasteiger partial charge < -0.3 is 25.0 Å². The molecule has 3 aliphatic rings. The first-order chi connectivity index (χ1) is 23.9. The van der Waals surface area contributed by atoms with Gasteiger partial charge in [0.05, 0.1) is 12.1 Å². The average Bonchev–Trinajstić information content (AvgIpc) is 3.36. The molecule has 2 aromatic heterocycles. The zero-order valence-corrected chi connectivity index (χ0v) is 31.2. The van der Waals surface area contributed by atoms with Crippen LogP contribution in [0.25, 0.3) is 11.2 Å². The summed E-state index contributed by atoms with van der Waals surface area (Å²) in [6.07, 6.45) is 7.31. The first-order valence-corrected chi connectivity index (χ1v) is 18.9. The van der Waals surface area contributed by atoms with E-state index >= 15 is 0 Å². The van der Waals surface area contributed by atoms with Gasteiger partial charge in [-0.25, -0.2) is 14.5 Å². The number of carbonyl (C=O) groups is 4. The van der Waals surface area contributed by atoms with Crippen LogP contribution in [0.2, 0.25) is 0 Å². The van der Waals surface area contributed by atoms with Crippen LogP contribution in [0.15, 0.2) is 30.5 Å². The van der Waals surface area contributed by atoms with Crippen molar-refractivity contribution in [3.63, 3.8) is 0 Å². The fraction of sp³-hybridized carbons (Fsp3) is 0.647. The number of fused-ring (bicyclic) bond motifs is 3. The molecule has 5 atom stereocenters. The van der Waals surface area contributed by atoms with Gasteiger partial charge in [0.2, 0.25) is 11.8 Å². The number of carbonyl (C=O) groups excluding carboxylic acids is 4. The topological polar surface area (TPSA) is 194 Å². The number of hydrogen-bond donors (Lipinski definition) is 3. The molecular formula is C34H50N8O8S. The maximum Gasteiger partial charge on any atom is 0.408 e. The van der Waals surface area contributed by atoms with E-state index in [9.17, 15) is 27.6 Å². The van der Waals surface area contributed by atoms with Crippen LogP contribution in [0.5, 0.6) is 6.01 Å². The number of hydrogen-bond acceptors (Lipinski definition) is 10. The van der Waals surface area contributed by atoms with E-state index in [1.807, 2.05) is 36.6 Å². The van der Waals surface area contributed by atoms with Crippen molar-refractivity contribution in [1.82, 2.24) is 39.1 Å². The van der Waals surface area contributed by atoms with Crippen LogP contribution in [-0.4, -0.2) is 106 Å². The van der Waals surface area contributed by atoms with Crippen molar-refractivity contribution < 1.29 is 37.1 Å². The molecule has 4 heterocycles. The first kappa shape index (κ1) is 38.0. The minimum absolute atomic E-state index is 0.0182. The van der Waals surface area contributed by atoms with Crippen molar-refractivity contribution in [1.29, 1.82) is 0 Å². The molecular weight excluding hydrogens is 680 g/mol. The summed E-state index contributed by atoms with van der Waals surface area (Å²) in [6, 6.07) is 1.79. The van der Waals surface area contributed by atoms with Gasteiger partial charge in [-0.1, -0.05) is 25.0 Å². The molecule has 2 aromatic rings. The number of amides is 4. The molecule has 0 radical (unpaired) electrons. The average molecular weight is 731 g/mol. The minimum atomic E-state index is -4.16. The van der Waals surface area contributed by atoms with E-state index in [2.05, 4.69) is 25.3 Å². The van der Waals surface area contributed by atoms with Crippen LogP contribution in [0.3, 0.4) is 0 Å². The van der Waals surface area contributed by atoms with Crippen LogP contribution >= 0.6 is 0 Å². The van der Waals surface area contributed by atoms with Crippen molar-refractivity contribution >= 4 is 45.2 Å². The third-order valence-electron chi connectivity index (χ3n) is 9.26. The summed E-state index contributed by atoms with van der Waals surface area (Å²) in [5.41, 5.74) is -1.10. The van der Waals surface area contributed by atoms with Gasteiger partial charge in [0.1, 0.15) is 29.3 Å². The number of aromatic nitrogens is 3. The lowest BCUT2D eigenvalue weighted by Gasteiger charge is -2.30. The summed E-state index contributed by atoms with van der Waals surface area (Å²) in [5.74, 6) is -2.47. The predicted molar refractivity (Wildman–Crippen MR) is 188 cm³/mol. The van der Waals surface area contributed by atoms with Gasteiger partial charge in [-0.3, -0.25) is 19.0 Å². The number of imidazole rings is 1. The normalized spacial score (nSPS) is 26.2. The van der Waals surface area contributed by atoms with Gasteiger partial charge in [0.25, 0.3) is 11.9 Å². The molecule has 0 spiro atoms. The fourth-order valence-corrected chi connectivity index (χ4v) is 7.16. The number of rotatable bonds is 7. The summed E-state index contributed by atoms with van der Waals surface area (Å²) < 4.78 is 42.1. The molecule has 5 rings (SSSR count). The molecule has 2 fully saturated rings. The third kappa shape index (κ3) is 8.63. The lowest BCUT2D eigenvalue weighted by molar-refractivity contribution is -0.141. The van der Waals surface area contributed by atoms with Gasteiger partial charge in [0.15, 0.2) is 5.65 Å². The van der Waals surface area contributed by atoms with E-state index in [1.165, 1.54) is 19.0 Å². The van der Waals surface area contributed by atoms with Gasteiger partial charge in [-0.15, -0.1) is 0 Å². The number of allylic oxidation sites excluding steroid dienone is 1. The summed E-state index contributed by atoms with van der Waals surface area (Å²) in [6.45, 7) is 9.11. The van der Waals surface area contributed by atoms with Crippen molar-refractivity contribution in [2.45, 2.75) is 115 Å². The highest BCUT2D eigenvalue weighted by Crippen LogP contribution is 2.46. The van der Waals surface area contributed by atoms with Crippen LogP contribution in [0.4, 0.5) is 4.79 Å². The molecule has 5 unspecified atom stereocenters. The highest BCUT2D eigenvalue weighted by molar-refractivity contribution is 7.87. The molecule has 1 saturated carbocycles.